The molecular formula is C20H16Cl3NO. The van der Waals surface area contributed by atoms with Gasteiger partial charge in [-0.05, 0) is 54.1 Å². The summed E-state index contributed by atoms with van der Waals surface area (Å²) in [5, 5.41) is 5.29. The van der Waals surface area contributed by atoms with E-state index < -0.39 is 0 Å². The third kappa shape index (κ3) is 5.05. The van der Waals surface area contributed by atoms with Crippen LogP contribution in [0.3, 0.4) is 0 Å². The zero-order valence-electron chi connectivity index (χ0n) is 13.3. The van der Waals surface area contributed by atoms with Gasteiger partial charge < -0.3 is 10.1 Å². The van der Waals surface area contributed by atoms with Gasteiger partial charge in [0.15, 0.2) is 0 Å². The number of benzene rings is 3. The van der Waals surface area contributed by atoms with Gasteiger partial charge in [0.1, 0.15) is 12.4 Å². The molecule has 5 heteroatoms. The highest BCUT2D eigenvalue weighted by molar-refractivity contribution is 6.35. The molecule has 3 aromatic carbocycles. The molecule has 0 unspecified atom stereocenters. The Balaban J connectivity index is 1.56. The second-order valence-electron chi connectivity index (χ2n) is 5.49. The van der Waals surface area contributed by atoms with Gasteiger partial charge in [-0.3, -0.25) is 0 Å². The van der Waals surface area contributed by atoms with Crippen molar-refractivity contribution in [3.63, 3.8) is 0 Å². The molecule has 0 amide bonds. The third-order valence-electron chi connectivity index (χ3n) is 3.71. The second kappa shape index (κ2) is 8.48. The molecule has 128 valence electrons. The molecule has 3 rings (SSSR count). The first-order chi connectivity index (χ1) is 12.1. The normalized spacial score (nSPS) is 10.5. The van der Waals surface area contributed by atoms with Crippen molar-refractivity contribution in [2.45, 2.75) is 13.2 Å². The standard InChI is InChI=1S/C20H16Cl3NO/c21-15-6-8-16(9-7-15)24-12-14-4-10-17(11-5-14)25-13-18-19(22)2-1-3-20(18)23/h1-11,24H,12-13H2. The molecule has 0 radical (unpaired) electrons. The Kier molecular flexibility index (Phi) is 6.09. The quantitative estimate of drug-likeness (QED) is 0.496. The van der Waals surface area contributed by atoms with Crippen molar-refractivity contribution in [1.29, 1.82) is 0 Å². The van der Waals surface area contributed by atoms with Crippen LogP contribution in [0.1, 0.15) is 11.1 Å². The van der Waals surface area contributed by atoms with E-state index in [0.717, 1.165) is 34.1 Å². The topological polar surface area (TPSA) is 21.3 Å². The fourth-order valence-electron chi connectivity index (χ4n) is 2.30. The van der Waals surface area contributed by atoms with Crippen molar-refractivity contribution in [1.82, 2.24) is 0 Å². The van der Waals surface area contributed by atoms with Crippen molar-refractivity contribution in [2.75, 3.05) is 5.32 Å². The summed E-state index contributed by atoms with van der Waals surface area (Å²) in [5.74, 6) is 0.770. The van der Waals surface area contributed by atoms with Crippen LogP contribution in [-0.4, -0.2) is 0 Å². The van der Waals surface area contributed by atoms with E-state index in [0.29, 0.717) is 16.7 Å². The third-order valence-corrected chi connectivity index (χ3v) is 4.67. The number of ether oxygens (including phenoxy) is 1. The molecule has 0 aliphatic rings. The Morgan fingerprint density at radius 1 is 0.760 bits per heavy atom. The molecule has 0 saturated carbocycles. The van der Waals surface area contributed by atoms with Gasteiger partial charge in [-0.2, -0.15) is 0 Å². The zero-order valence-corrected chi connectivity index (χ0v) is 15.6. The first kappa shape index (κ1) is 17.9. The molecule has 3 aromatic rings. The summed E-state index contributed by atoms with van der Waals surface area (Å²) < 4.78 is 5.78. The Bertz CT molecular complexity index is 812. The van der Waals surface area contributed by atoms with Crippen LogP contribution in [0.5, 0.6) is 5.75 Å². The first-order valence-corrected chi connectivity index (χ1v) is 8.89. The summed E-state index contributed by atoms with van der Waals surface area (Å²) in [6.45, 7) is 1.05. The lowest BCUT2D eigenvalue weighted by molar-refractivity contribution is 0.306. The van der Waals surface area contributed by atoms with Crippen LogP contribution in [0.15, 0.2) is 66.7 Å². The minimum atomic E-state index is 0.334. The van der Waals surface area contributed by atoms with Crippen LogP contribution in [0.2, 0.25) is 15.1 Å². The Morgan fingerprint density at radius 3 is 2.04 bits per heavy atom. The van der Waals surface area contributed by atoms with Gasteiger partial charge in [0, 0.05) is 32.9 Å². The van der Waals surface area contributed by atoms with Gasteiger partial charge >= 0.3 is 0 Å². The minimum absolute atomic E-state index is 0.334. The molecular weight excluding hydrogens is 377 g/mol. The molecule has 0 aliphatic heterocycles. The van der Waals surface area contributed by atoms with Crippen LogP contribution >= 0.6 is 34.8 Å². The van der Waals surface area contributed by atoms with Crippen LogP contribution < -0.4 is 10.1 Å². The molecule has 0 spiro atoms. The van der Waals surface area contributed by atoms with Crippen molar-refractivity contribution in [3.05, 3.63) is 92.9 Å². The monoisotopic (exact) mass is 391 g/mol. The highest BCUT2D eigenvalue weighted by Gasteiger charge is 2.06. The van der Waals surface area contributed by atoms with E-state index in [1.807, 2.05) is 54.6 Å². The van der Waals surface area contributed by atoms with E-state index in [-0.39, 0.29) is 0 Å². The lowest BCUT2D eigenvalue weighted by atomic mass is 10.2. The summed E-state index contributed by atoms with van der Waals surface area (Å²) in [4.78, 5) is 0. The van der Waals surface area contributed by atoms with E-state index in [1.165, 1.54) is 0 Å². The number of rotatable bonds is 6. The first-order valence-electron chi connectivity index (χ1n) is 7.76. The Morgan fingerprint density at radius 2 is 1.40 bits per heavy atom. The van der Waals surface area contributed by atoms with Crippen molar-refractivity contribution >= 4 is 40.5 Å². The maximum atomic E-state index is 6.15. The van der Waals surface area contributed by atoms with Crippen LogP contribution in [-0.2, 0) is 13.2 Å². The van der Waals surface area contributed by atoms with E-state index in [4.69, 9.17) is 39.5 Å². The van der Waals surface area contributed by atoms with Crippen LogP contribution in [0.4, 0.5) is 5.69 Å². The lowest BCUT2D eigenvalue weighted by Gasteiger charge is -2.11. The SMILES string of the molecule is Clc1ccc(NCc2ccc(OCc3c(Cl)cccc3Cl)cc2)cc1. The maximum Gasteiger partial charge on any atom is 0.119 e. The number of halogens is 3. The molecule has 0 fully saturated rings. The van der Waals surface area contributed by atoms with Crippen LogP contribution in [0, 0.1) is 0 Å². The zero-order chi connectivity index (χ0) is 17.6. The summed E-state index contributed by atoms with van der Waals surface area (Å²) >= 11 is 18.2. The van der Waals surface area contributed by atoms with Crippen molar-refractivity contribution in [3.8, 4) is 5.75 Å². The van der Waals surface area contributed by atoms with Gasteiger partial charge in [0.2, 0.25) is 0 Å². The molecule has 2 nitrogen and oxygen atoms in total. The highest BCUT2D eigenvalue weighted by Crippen LogP contribution is 2.26. The van der Waals surface area contributed by atoms with E-state index in [1.54, 1.807) is 12.1 Å². The average Bonchev–Trinajstić information content (AvgIpc) is 2.62. The molecule has 0 aromatic heterocycles. The summed E-state index contributed by atoms with van der Waals surface area (Å²) in [6.07, 6.45) is 0. The average molecular weight is 393 g/mol. The number of hydrogen-bond acceptors (Lipinski definition) is 2. The second-order valence-corrected chi connectivity index (χ2v) is 6.74. The molecule has 1 N–H and O–H groups in total. The van der Waals surface area contributed by atoms with Gasteiger partial charge in [0.25, 0.3) is 0 Å². The molecule has 0 heterocycles. The highest BCUT2D eigenvalue weighted by atomic mass is 35.5. The largest absolute Gasteiger partial charge is 0.489 e. The molecule has 0 saturated heterocycles. The predicted octanol–water partition coefficient (Wildman–Crippen LogP) is 6.84. The predicted molar refractivity (Wildman–Crippen MR) is 106 cm³/mol. The molecule has 0 aliphatic carbocycles. The molecule has 25 heavy (non-hydrogen) atoms. The van der Waals surface area contributed by atoms with E-state index >= 15 is 0 Å². The number of anilines is 1. The molecule has 0 atom stereocenters. The van der Waals surface area contributed by atoms with E-state index in [2.05, 4.69) is 5.32 Å². The smallest absolute Gasteiger partial charge is 0.119 e. The minimum Gasteiger partial charge on any atom is -0.489 e. The fourth-order valence-corrected chi connectivity index (χ4v) is 2.93. The lowest BCUT2D eigenvalue weighted by Crippen LogP contribution is -2.00. The van der Waals surface area contributed by atoms with Crippen LogP contribution in [0.25, 0.3) is 0 Å². The summed E-state index contributed by atoms with van der Waals surface area (Å²) in [5.41, 5.74) is 2.97. The number of nitrogens with one attached hydrogen (secondary N) is 1. The summed E-state index contributed by atoms with van der Waals surface area (Å²) in [6, 6.07) is 21.0. The van der Waals surface area contributed by atoms with Gasteiger partial charge in [-0.1, -0.05) is 53.0 Å². The Hall–Kier alpha value is -1.87. The fraction of sp³-hybridized carbons (Fsp3) is 0.100. The van der Waals surface area contributed by atoms with Crippen molar-refractivity contribution in [2.24, 2.45) is 0 Å². The van der Waals surface area contributed by atoms with Crippen molar-refractivity contribution < 1.29 is 4.74 Å². The Labute approximate surface area is 162 Å². The number of hydrogen-bond donors (Lipinski definition) is 1. The molecule has 0 bridgehead atoms. The van der Waals surface area contributed by atoms with Gasteiger partial charge in [0.05, 0.1) is 0 Å². The van der Waals surface area contributed by atoms with Gasteiger partial charge in [-0.15, -0.1) is 0 Å². The van der Waals surface area contributed by atoms with Gasteiger partial charge in [-0.25, -0.2) is 0 Å². The summed E-state index contributed by atoms with van der Waals surface area (Å²) in [7, 11) is 0. The maximum absolute atomic E-state index is 6.15. The van der Waals surface area contributed by atoms with E-state index in [9.17, 15) is 0 Å².